The number of amides is 1. The smallest absolute Gasteiger partial charge is 0.290 e. The quantitative estimate of drug-likeness (QED) is 0.574. The van der Waals surface area contributed by atoms with E-state index < -0.39 is 17.7 Å². The fraction of sp³-hybridized carbons (Fsp3) is 0.429. The lowest BCUT2D eigenvalue weighted by Gasteiger charge is -2.28. The summed E-state index contributed by atoms with van der Waals surface area (Å²) in [6, 6.07) is 15.1. The van der Waals surface area contributed by atoms with Crippen LogP contribution in [0.25, 0.3) is 0 Å². The number of methoxy groups -OCH3 is 1. The van der Waals surface area contributed by atoms with Crippen molar-refractivity contribution < 1.29 is 19.4 Å². The maximum absolute atomic E-state index is 13.1. The summed E-state index contributed by atoms with van der Waals surface area (Å²) < 4.78 is 5.22. The number of hydrogen-bond donors (Lipinski definition) is 1. The van der Waals surface area contributed by atoms with Crippen LogP contribution in [-0.2, 0) is 21.4 Å². The third-order valence-corrected chi connectivity index (χ3v) is 6.09. The zero-order valence-corrected chi connectivity index (χ0v) is 20.5. The minimum atomic E-state index is -0.587. The Hall–Kier alpha value is -3.08. The van der Waals surface area contributed by atoms with Gasteiger partial charge in [0.25, 0.3) is 5.91 Å². The van der Waals surface area contributed by atoms with E-state index in [1.165, 1.54) is 5.56 Å². The van der Waals surface area contributed by atoms with Gasteiger partial charge in [-0.05, 0) is 46.6 Å². The van der Waals surface area contributed by atoms with Crippen LogP contribution in [0.15, 0.2) is 59.9 Å². The number of carbonyl (C=O) groups is 2. The second-order valence-corrected chi connectivity index (χ2v) is 10.2. The number of ether oxygens (including phenoxy) is 1. The van der Waals surface area contributed by atoms with Gasteiger partial charge in [0.2, 0.25) is 0 Å². The molecule has 5 heteroatoms. The number of nitrogens with zero attached hydrogens (tertiary/aromatic N) is 1. The zero-order valence-electron chi connectivity index (χ0n) is 20.5. The molecule has 0 fully saturated rings. The monoisotopic (exact) mass is 449 g/mol. The van der Waals surface area contributed by atoms with Crippen molar-refractivity contribution in [1.82, 2.24) is 4.90 Å². The number of aliphatic hydroxyl groups is 1. The highest BCUT2D eigenvalue weighted by Gasteiger charge is 2.43. The number of ketones is 1. The molecule has 3 rings (SSSR count). The van der Waals surface area contributed by atoms with E-state index in [0.717, 1.165) is 16.9 Å². The number of aliphatic hydroxyl groups excluding tert-OH is 1. The molecule has 0 aromatic heterocycles. The van der Waals surface area contributed by atoms with E-state index in [4.69, 9.17) is 4.74 Å². The summed E-state index contributed by atoms with van der Waals surface area (Å²) in [6.07, 6.45) is 0.890. The highest BCUT2D eigenvalue weighted by Crippen LogP contribution is 2.39. The largest absolute Gasteiger partial charge is 0.503 e. The topological polar surface area (TPSA) is 66.8 Å². The Bertz CT molecular complexity index is 1030. The summed E-state index contributed by atoms with van der Waals surface area (Å²) in [4.78, 5) is 27.8. The van der Waals surface area contributed by atoms with Gasteiger partial charge in [-0.15, -0.1) is 0 Å². The molecule has 1 atom stereocenters. The van der Waals surface area contributed by atoms with Gasteiger partial charge in [-0.3, -0.25) is 9.59 Å². The lowest BCUT2D eigenvalue weighted by atomic mass is 9.85. The molecule has 2 aromatic carbocycles. The van der Waals surface area contributed by atoms with Crippen LogP contribution in [0, 0.1) is 5.92 Å². The predicted molar refractivity (Wildman–Crippen MR) is 130 cm³/mol. The number of Topliss-reactive ketones (excluding diaryl/α,β-unsaturated/α-hetero) is 1. The van der Waals surface area contributed by atoms with Crippen LogP contribution < -0.4 is 4.74 Å². The van der Waals surface area contributed by atoms with Gasteiger partial charge >= 0.3 is 0 Å². The number of hydrogen-bond acceptors (Lipinski definition) is 4. The first-order valence-electron chi connectivity index (χ1n) is 11.5. The first kappa shape index (κ1) is 24.6. The molecule has 1 heterocycles. The van der Waals surface area contributed by atoms with Crippen LogP contribution in [0.5, 0.6) is 5.75 Å². The van der Waals surface area contributed by atoms with E-state index in [1.807, 2.05) is 62.4 Å². The van der Waals surface area contributed by atoms with Gasteiger partial charge in [-0.1, -0.05) is 71.0 Å². The number of carbonyl (C=O) groups excluding carboxylic acids is 2. The summed E-state index contributed by atoms with van der Waals surface area (Å²) in [6.45, 7) is 10.7. The normalized spacial score (nSPS) is 16.6. The van der Waals surface area contributed by atoms with E-state index in [0.29, 0.717) is 13.0 Å². The standard InChI is InChI=1S/C28H35NO4/c1-18(2)17-23(30)24-25(20-9-11-21(12-10-20)28(3,4)5)29(27(32)26(24)31)16-15-19-7-13-22(33-6)14-8-19/h7-14,18,25,31H,15-17H2,1-6H3. The summed E-state index contributed by atoms with van der Waals surface area (Å²) >= 11 is 0. The van der Waals surface area contributed by atoms with Crippen molar-refractivity contribution in [2.75, 3.05) is 13.7 Å². The molecule has 1 N–H and O–H groups in total. The first-order valence-corrected chi connectivity index (χ1v) is 11.5. The Labute approximate surface area is 197 Å². The van der Waals surface area contributed by atoms with Crippen molar-refractivity contribution in [3.05, 3.63) is 76.6 Å². The Balaban J connectivity index is 1.94. The summed E-state index contributed by atoms with van der Waals surface area (Å²) in [5, 5.41) is 10.7. The maximum atomic E-state index is 13.1. The van der Waals surface area contributed by atoms with Gasteiger partial charge in [0, 0.05) is 13.0 Å². The Morgan fingerprint density at radius 1 is 1.06 bits per heavy atom. The van der Waals surface area contributed by atoms with Crippen molar-refractivity contribution in [1.29, 1.82) is 0 Å². The van der Waals surface area contributed by atoms with Gasteiger partial charge in [0.1, 0.15) is 5.75 Å². The Kier molecular flexibility index (Phi) is 7.31. The van der Waals surface area contributed by atoms with Crippen LogP contribution in [0.3, 0.4) is 0 Å². The van der Waals surface area contributed by atoms with E-state index in [9.17, 15) is 14.7 Å². The zero-order chi connectivity index (χ0) is 24.3. The number of rotatable bonds is 8. The van der Waals surface area contributed by atoms with Crippen molar-refractivity contribution in [2.45, 2.75) is 58.9 Å². The van der Waals surface area contributed by atoms with Crippen LogP contribution in [0.2, 0.25) is 0 Å². The molecule has 1 unspecified atom stereocenters. The fourth-order valence-corrected chi connectivity index (χ4v) is 4.20. The molecule has 1 amide bonds. The molecule has 0 bridgehead atoms. The summed E-state index contributed by atoms with van der Waals surface area (Å²) in [7, 11) is 1.62. The van der Waals surface area contributed by atoms with E-state index in [1.54, 1.807) is 12.0 Å². The highest BCUT2D eigenvalue weighted by molar-refractivity contribution is 6.09. The molecule has 176 valence electrons. The maximum Gasteiger partial charge on any atom is 0.290 e. The van der Waals surface area contributed by atoms with Gasteiger partial charge < -0.3 is 14.7 Å². The third kappa shape index (κ3) is 5.47. The van der Waals surface area contributed by atoms with Crippen molar-refractivity contribution >= 4 is 11.7 Å². The van der Waals surface area contributed by atoms with Gasteiger partial charge in [-0.2, -0.15) is 0 Å². The summed E-state index contributed by atoms with van der Waals surface area (Å²) in [5.74, 6) is -0.174. The third-order valence-electron chi connectivity index (χ3n) is 6.09. The Morgan fingerprint density at radius 3 is 2.18 bits per heavy atom. The van der Waals surface area contributed by atoms with Crippen LogP contribution in [-0.4, -0.2) is 35.4 Å². The molecule has 2 aromatic rings. The molecule has 0 spiro atoms. The van der Waals surface area contributed by atoms with Gasteiger partial charge in [0.15, 0.2) is 11.5 Å². The molecule has 5 nitrogen and oxygen atoms in total. The molecule has 1 aliphatic rings. The van der Waals surface area contributed by atoms with Gasteiger partial charge in [0.05, 0.1) is 18.7 Å². The molecule has 33 heavy (non-hydrogen) atoms. The second-order valence-electron chi connectivity index (χ2n) is 10.2. The van der Waals surface area contributed by atoms with Crippen molar-refractivity contribution in [2.24, 2.45) is 5.92 Å². The summed E-state index contributed by atoms with van der Waals surface area (Å²) in [5.41, 5.74) is 3.26. The van der Waals surface area contributed by atoms with Crippen LogP contribution in [0.4, 0.5) is 0 Å². The van der Waals surface area contributed by atoms with Crippen molar-refractivity contribution in [3.8, 4) is 5.75 Å². The lowest BCUT2D eigenvalue weighted by molar-refractivity contribution is -0.129. The predicted octanol–water partition coefficient (Wildman–Crippen LogP) is 5.55. The first-order chi connectivity index (χ1) is 15.5. The molecule has 0 saturated heterocycles. The molecule has 0 aliphatic carbocycles. The molecular weight excluding hydrogens is 414 g/mol. The van der Waals surface area contributed by atoms with Crippen LogP contribution >= 0.6 is 0 Å². The van der Waals surface area contributed by atoms with E-state index >= 15 is 0 Å². The minimum absolute atomic E-state index is 0.00759. The van der Waals surface area contributed by atoms with E-state index in [2.05, 4.69) is 20.8 Å². The average molecular weight is 450 g/mol. The highest BCUT2D eigenvalue weighted by atomic mass is 16.5. The van der Waals surface area contributed by atoms with Crippen LogP contribution in [0.1, 0.15) is 63.8 Å². The second kappa shape index (κ2) is 9.82. The molecule has 0 saturated carbocycles. The number of benzene rings is 2. The lowest BCUT2D eigenvalue weighted by Crippen LogP contribution is -2.33. The SMILES string of the molecule is COc1ccc(CCN2C(=O)C(O)=C(C(=O)CC(C)C)C2c2ccc(C(C)(C)C)cc2)cc1. The van der Waals surface area contributed by atoms with Gasteiger partial charge in [-0.25, -0.2) is 0 Å². The molecule has 0 radical (unpaired) electrons. The van der Waals surface area contributed by atoms with E-state index in [-0.39, 0.29) is 29.1 Å². The minimum Gasteiger partial charge on any atom is -0.503 e. The Morgan fingerprint density at radius 2 is 1.67 bits per heavy atom. The molecule has 1 aliphatic heterocycles. The van der Waals surface area contributed by atoms with Crippen molar-refractivity contribution in [3.63, 3.8) is 0 Å². The molecular formula is C28H35NO4. The average Bonchev–Trinajstić information content (AvgIpc) is 3.02. The fourth-order valence-electron chi connectivity index (χ4n) is 4.20.